The smallest absolute Gasteiger partial charge is 0.251 e. The van der Waals surface area contributed by atoms with E-state index in [1.54, 1.807) is 0 Å². The van der Waals surface area contributed by atoms with E-state index in [4.69, 9.17) is 0 Å². The van der Waals surface area contributed by atoms with Crippen LogP contribution in [0.5, 0.6) is 0 Å². The van der Waals surface area contributed by atoms with Gasteiger partial charge in [0, 0.05) is 31.2 Å². The fourth-order valence-electron chi connectivity index (χ4n) is 2.27. The van der Waals surface area contributed by atoms with Crippen LogP contribution in [-0.4, -0.2) is 49.9 Å². The lowest BCUT2D eigenvalue weighted by Gasteiger charge is -2.26. The van der Waals surface area contributed by atoms with Crippen molar-refractivity contribution in [3.8, 4) is 0 Å². The lowest BCUT2D eigenvalue weighted by molar-refractivity contribution is 0.0943. The lowest BCUT2D eigenvalue weighted by atomic mass is 10.1. The van der Waals surface area contributed by atoms with Crippen molar-refractivity contribution in [2.24, 2.45) is 0 Å². The van der Waals surface area contributed by atoms with Crippen LogP contribution in [-0.2, 0) is 16.4 Å². The molecule has 0 saturated carbocycles. The Morgan fingerprint density at radius 3 is 2.29 bits per heavy atom. The first-order valence-corrected chi connectivity index (χ1v) is 9.00. The number of amides is 1. The largest absolute Gasteiger partial charge is 0.350 e. The highest BCUT2D eigenvalue weighted by Crippen LogP contribution is 2.11. The summed E-state index contributed by atoms with van der Waals surface area (Å²) in [5, 5.41) is 2.85. The Bertz CT molecular complexity index is 580. The van der Waals surface area contributed by atoms with Crippen LogP contribution in [0.1, 0.15) is 29.8 Å². The Hall–Kier alpha value is -1.40. The van der Waals surface area contributed by atoms with Crippen molar-refractivity contribution >= 4 is 15.7 Å². The van der Waals surface area contributed by atoms with Crippen LogP contribution in [0.4, 0.5) is 0 Å². The van der Waals surface area contributed by atoms with Crippen molar-refractivity contribution in [2.75, 3.05) is 24.6 Å². The molecule has 0 aromatic heterocycles. The van der Waals surface area contributed by atoms with Gasteiger partial charge in [-0.3, -0.25) is 9.69 Å². The summed E-state index contributed by atoms with van der Waals surface area (Å²) in [6.45, 7) is 5.74. The van der Waals surface area contributed by atoms with E-state index in [0.717, 1.165) is 12.1 Å². The molecular weight excluding hydrogens is 288 g/mol. The van der Waals surface area contributed by atoms with Crippen molar-refractivity contribution < 1.29 is 13.2 Å². The predicted molar refractivity (Wildman–Crippen MR) is 83.0 cm³/mol. The normalized spacial score (nSPS) is 18.6. The lowest BCUT2D eigenvalue weighted by Crippen LogP contribution is -2.39. The van der Waals surface area contributed by atoms with E-state index >= 15 is 0 Å². The summed E-state index contributed by atoms with van der Waals surface area (Å²) < 4.78 is 22.8. The highest BCUT2D eigenvalue weighted by molar-refractivity contribution is 7.91. The maximum atomic E-state index is 11.8. The molecule has 116 valence electrons. The first-order chi connectivity index (χ1) is 9.85. The number of carbonyl (C=O) groups is 1. The molecule has 1 fully saturated rings. The molecule has 0 bridgehead atoms. The van der Waals surface area contributed by atoms with E-state index in [2.05, 4.69) is 10.2 Å². The number of rotatable bonds is 4. The van der Waals surface area contributed by atoms with Crippen LogP contribution < -0.4 is 5.32 Å². The molecule has 1 aromatic carbocycles. The molecule has 5 nitrogen and oxygen atoms in total. The van der Waals surface area contributed by atoms with Gasteiger partial charge in [-0.15, -0.1) is 0 Å². The van der Waals surface area contributed by atoms with Crippen molar-refractivity contribution in [1.29, 1.82) is 0 Å². The molecular formula is C15H22N2O3S. The molecule has 1 N–H and O–H groups in total. The maximum absolute atomic E-state index is 11.8. The second-order valence-electron chi connectivity index (χ2n) is 5.75. The summed E-state index contributed by atoms with van der Waals surface area (Å²) >= 11 is 0. The first-order valence-electron chi connectivity index (χ1n) is 7.18. The van der Waals surface area contributed by atoms with Crippen LogP contribution in [0.3, 0.4) is 0 Å². The quantitative estimate of drug-likeness (QED) is 0.903. The summed E-state index contributed by atoms with van der Waals surface area (Å²) in [6, 6.07) is 7.60. The molecule has 0 aliphatic carbocycles. The van der Waals surface area contributed by atoms with E-state index in [1.165, 1.54) is 0 Å². The van der Waals surface area contributed by atoms with Crippen molar-refractivity contribution in [2.45, 2.75) is 26.4 Å². The van der Waals surface area contributed by atoms with Crippen LogP contribution in [0.2, 0.25) is 0 Å². The Morgan fingerprint density at radius 2 is 1.76 bits per heavy atom. The summed E-state index contributed by atoms with van der Waals surface area (Å²) in [4.78, 5) is 14.0. The van der Waals surface area contributed by atoms with E-state index in [-0.39, 0.29) is 23.5 Å². The molecule has 2 rings (SSSR count). The minimum atomic E-state index is -2.83. The maximum Gasteiger partial charge on any atom is 0.251 e. The average Bonchev–Trinajstić information content (AvgIpc) is 2.41. The van der Waals surface area contributed by atoms with Gasteiger partial charge < -0.3 is 5.32 Å². The number of hydrogen-bond donors (Lipinski definition) is 1. The summed E-state index contributed by atoms with van der Waals surface area (Å²) in [6.07, 6.45) is 0. The third-order valence-corrected chi connectivity index (χ3v) is 5.09. The standard InChI is InChI=1S/C15H22N2O3S/c1-12(2)16-15(18)14-5-3-13(4-6-14)11-17-7-9-21(19,20)10-8-17/h3-6,12H,7-11H2,1-2H3,(H,16,18). The summed E-state index contributed by atoms with van der Waals surface area (Å²) in [5.74, 6) is 0.407. The third-order valence-electron chi connectivity index (χ3n) is 3.48. The number of benzene rings is 1. The highest BCUT2D eigenvalue weighted by Gasteiger charge is 2.21. The minimum Gasteiger partial charge on any atom is -0.350 e. The minimum absolute atomic E-state index is 0.0689. The fraction of sp³-hybridized carbons (Fsp3) is 0.533. The molecule has 1 saturated heterocycles. The molecule has 0 spiro atoms. The average molecular weight is 310 g/mol. The van der Waals surface area contributed by atoms with Gasteiger partial charge >= 0.3 is 0 Å². The highest BCUT2D eigenvalue weighted by atomic mass is 32.2. The molecule has 1 aliphatic heterocycles. The number of nitrogens with zero attached hydrogens (tertiary/aromatic N) is 1. The van der Waals surface area contributed by atoms with Gasteiger partial charge in [0.05, 0.1) is 11.5 Å². The Labute approximate surface area is 126 Å². The fourth-order valence-corrected chi connectivity index (χ4v) is 3.55. The van der Waals surface area contributed by atoms with Crippen LogP contribution in [0.25, 0.3) is 0 Å². The molecule has 0 atom stereocenters. The van der Waals surface area contributed by atoms with E-state index in [0.29, 0.717) is 18.7 Å². The van der Waals surface area contributed by atoms with Gasteiger partial charge in [-0.05, 0) is 31.5 Å². The number of hydrogen-bond acceptors (Lipinski definition) is 4. The van der Waals surface area contributed by atoms with Crippen LogP contribution in [0, 0.1) is 0 Å². The molecule has 6 heteroatoms. The zero-order valence-corrected chi connectivity index (χ0v) is 13.3. The van der Waals surface area contributed by atoms with Crippen molar-refractivity contribution in [3.05, 3.63) is 35.4 Å². The summed E-state index contributed by atoms with van der Waals surface area (Å²) in [7, 11) is -2.83. The second-order valence-corrected chi connectivity index (χ2v) is 8.06. The Balaban J connectivity index is 1.92. The van der Waals surface area contributed by atoms with Crippen LogP contribution in [0.15, 0.2) is 24.3 Å². The number of carbonyl (C=O) groups excluding carboxylic acids is 1. The second kappa shape index (κ2) is 6.58. The van der Waals surface area contributed by atoms with Gasteiger partial charge in [-0.25, -0.2) is 8.42 Å². The van der Waals surface area contributed by atoms with Gasteiger partial charge in [0.1, 0.15) is 0 Å². The topological polar surface area (TPSA) is 66.5 Å². The van der Waals surface area contributed by atoms with Gasteiger partial charge in [0.15, 0.2) is 9.84 Å². The van der Waals surface area contributed by atoms with Gasteiger partial charge in [0.25, 0.3) is 5.91 Å². The molecule has 1 aliphatic rings. The van der Waals surface area contributed by atoms with E-state index in [9.17, 15) is 13.2 Å². The third kappa shape index (κ3) is 4.82. The van der Waals surface area contributed by atoms with Gasteiger partial charge in [-0.2, -0.15) is 0 Å². The van der Waals surface area contributed by atoms with Crippen molar-refractivity contribution in [1.82, 2.24) is 10.2 Å². The number of sulfone groups is 1. The molecule has 1 aromatic rings. The zero-order valence-electron chi connectivity index (χ0n) is 12.5. The Kier molecular flexibility index (Phi) is 5.00. The molecule has 21 heavy (non-hydrogen) atoms. The molecule has 1 amide bonds. The number of nitrogens with one attached hydrogen (secondary N) is 1. The zero-order chi connectivity index (χ0) is 15.5. The van der Waals surface area contributed by atoms with Crippen molar-refractivity contribution in [3.63, 3.8) is 0 Å². The van der Waals surface area contributed by atoms with E-state index in [1.807, 2.05) is 38.1 Å². The Morgan fingerprint density at radius 1 is 1.19 bits per heavy atom. The molecule has 0 unspecified atom stereocenters. The monoisotopic (exact) mass is 310 g/mol. The summed E-state index contributed by atoms with van der Waals surface area (Å²) in [5.41, 5.74) is 1.74. The van der Waals surface area contributed by atoms with Gasteiger partial charge in [-0.1, -0.05) is 12.1 Å². The molecule has 0 radical (unpaired) electrons. The molecule has 1 heterocycles. The van der Waals surface area contributed by atoms with Crippen LogP contribution >= 0.6 is 0 Å². The van der Waals surface area contributed by atoms with E-state index < -0.39 is 9.84 Å². The van der Waals surface area contributed by atoms with Gasteiger partial charge in [0.2, 0.25) is 0 Å². The predicted octanol–water partition coefficient (Wildman–Crippen LogP) is 1.06. The SMILES string of the molecule is CC(C)NC(=O)c1ccc(CN2CCS(=O)(=O)CC2)cc1. The first kappa shape index (κ1) is 16.0.